The van der Waals surface area contributed by atoms with E-state index in [9.17, 15) is 0 Å². The molecule has 3 aromatic carbocycles. The predicted molar refractivity (Wildman–Crippen MR) is 96.9 cm³/mol. The topological polar surface area (TPSA) is 0 Å². The van der Waals surface area contributed by atoms with E-state index in [1.807, 2.05) is 0 Å². The molecule has 2 heteroatoms. The molecule has 0 bridgehead atoms. The SMILES string of the molecule is I.c1ccc([S+](c2ccccc2)c2ccccc2)cc1. The molecule has 3 rings (SSSR count). The van der Waals surface area contributed by atoms with Gasteiger partial charge in [-0.1, -0.05) is 54.6 Å². The van der Waals surface area contributed by atoms with Gasteiger partial charge in [0.15, 0.2) is 14.7 Å². The van der Waals surface area contributed by atoms with Crippen molar-refractivity contribution in [2.75, 3.05) is 0 Å². The van der Waals surface area contributed by atoms with Crippen molar-refractivity contribution < 1.29 is 0 Å². The molecule has 0 atom stereocenters. The molecule has 0 nitrogen and oxygen atoms in total. The van der Waals surface area contributed by atoms with Crippen LogP contribution >= 0.6 is 24.0 Å². The monoisotopic (exact) mass is 391 g/mol. The molecule has 0 aromatic heterocycles. The summed E-state index contributed by atoms with van der Waals surface area (Å²) in [6.07, 6.45) is 0. The van der Waals surface area contributed by atoms with Crippen LogP contribution in [0.4, 0.5) is 0 Å². The largest absolute Gasteiger partial charge is 0.166 e. The predicted octanol–water partition coefficient (Wildman–Crippen LogP) is 5.40. The molecule has 3 aromatic rings. The summed E-state index contributed by atoms with van der Waals surface area (Å²) in [7, 11) is -0.0146. The third-order valence-corrected chi connectivity index (χ3v) is 5.17. The molecule has 0 amide bonds. The molecular weight excluding hydrogens is 375 g/mol. The number of hydrogen-bond donors (Lipinski definition) is 0. The van der Waals surface area contributed by atoms with E-state index >= 15 is 0 Å². The Morgan fingerprint density at radius 1 is 0.400 bits per heavy atom. The van der Waals surface area contributed by atoms with Gasteiger partial charge in [-0.15, -0.1) is 24.0 Å². The average Bonchev–Trinajstić information content (AvgIpc) is 2.51. The van der Waals surface area contributed by atoms with Crippen molar-refractivity contribution in [1.82, 2.24) is 0 Å². The summed E-state index contributed by atoms with van der Waals surface area (Å²) in [4.78, 5) is 4.08. The number of benzene rings is 3. The van der Waals surface area contributed by atoms with E-state index in [2.05, 4.69) is 91.0 Å². The van der Waals surface area contributed by atoms with Gasteiger partial charge in [0.05, 0.1) is 10.9 Å². The van der Waals surface area contributed by atoms with Crippen LogP contribution in [0.1, 0.15) is 0 Å². The number of rotatable bonds is 3. The summed E-state index contributed by atoms with van der Waals surface area (Å²) in [6, 6.07) is 32.2. The lowest BCUT2D eigenvalue weighted by atomic mass is 10.4. The summed E-state index contributed by atoms with van der Waals surface area (Å²) in [5.74, 6) is 0. The lowest BCUT2D eigenvalue weighted by molar-refractivity contribution is 1.32. The second kappa shape index (κ2) is 7.50. The Kier molecular flexibility index (Phi) is 5.68. The van der Waals surface area contributed by atoms with E-state index in [1.165, 1.54) is 14.7 Å². The lowest BCUT2D eigenvalue weighted by Crippen LogP contribution is -2.04. The molecule has 20 heavy (non-hydrogen) atoms. The molecule has 0 aliphatic rings. The Morgan fingerprint density at radius 2 is 0.650 bits per heavy atom. The molecule has 0 unspecified atom stereocenters. The maximum atomic E-state index is 2.21. The first-order valence-electron chi connectivity index (χ1n) is 6.34. The van der Waals surface area contributed by atoms with E-state index < -0.39 is 0 Å². The highest BCUT2D eigenvalue weighted by Crippen LogP contribution is 2.30. The molecule has 0 saturated heterocycles. The van der Waals surface area contributed by atoms with E-state index in [-0.39, 0.29) is 34.9 Å². The van der Waals surface area contributed by atoms with Crippen molar-refractivity contribution in [3.8, 4) is 0 Å². The molecule has 0 aliphatic heterocycles. The Morgan fingerprint density at radius 3 is 0.900 bits per heavy atom. The first-order valence-corrected chi connectivity index (χ1v) is 7.57. The van der Waals surface area contributed by atoms with Crippen molar-refractivity contribution in [3.05, 3.63) is 91.0 Å². The Balaban J connectivity index is 0.00000147. The lowest BCUT2D eigenvalue weighted by Gasteiger charge is -2.07. The standard InChI is InChI=1S/C18H15S.HI/c1-4-10-16(11-5-1)19(17-12-6-2-7-13-17)18-14-8-3-9-15-18;/h1-15H;1H/q+1;. The minimum atomic E-state index is -0.0146. The van der Waals surface area contributed by atoms with Gasteiger partial charge in [-0.3, -0.25) is 0 Å². The van der Waals surface area contributed by atoms with Crippen LogP contribution in [0.2, 0.25) is 0 Å². The highest BCUT2D eigenvalue weighted by Gasteiger charge is 2.27. The molecule has 100 valence electrons. The first-order chi connectivity index (χ1) is 9.45. The van der Waals surface area contributed by atoms with Gasteiger partial charge in [-0.05, 0) is 36.4 Å². The summed E-state index contributed by atoms with van der Waals surface area (Å²) in [5, 5.41) is 0. The Bertz CT molecular complexity index is 529. The third kappa shape index (κ3) is 3.44. The van der Waals surface area contributed by atoms with Gasteiger partial charge in [0.1, 0.15) is 0 Å². The van der Waals surface area contributed by atoms with Crippen LogP contribution in [0.5, 0.6) is 0 Å². The second-order valence-electron chi connectivity index (χ2n) is 4.25. The zero-order chi connectivity index (χ0) is 12.9. The Labute approximate surface area is 140 Å². The summed E-state index contributed by atoms with van der Waals surface area (Å²) < 4.78 is 0. The van der Waals surface area contributed by atoms with E-state index in [4.69, 9.17) is 0 Å². The molecule has 0 heterocycles. The molecular formula is C18H16IS+. The van der Waals surface area contributed by atoms with Crippen LogP contribution < -0.4 is 0 Å². The Hall–Kier alpha value is -1.26. The van der Waals surface area contributed by atoms with Gasteiger partial charge in [-0.2, -0.15) is 0 Å². The van der Waals surface area contributed by atoms with Crippen LogP contribution in [-0.4, -0.2) is 0 Å². The molecule has 0 N–H and O–H groups in total. The van der Waals surface area contributed by atoms with Crippen LogP contribution in [0.3, 0.4) is 0 Å². The van der Waals surface area contributed by atoms with Crippen molar-refractivity contribution in [2.45, 2.75) is 14.7 Å². The molecule has 0 radical (unpaired) electrons. The van der Waals surface area contributed by atoms with Crippen LogP contribution in [0.15, 0.2) is 106 Å². The highest BCUT2D eigenvalue weighted by molar-refractivity contribution is 14.0. The minimum Gasteiger partial charge on any atom is -0.107 e. The average molecular weight is 391 g/mol. The van der Waals surface area contributed by atoms with Crippen molar-refractivity contribution in [3.63, 3.8) is 0 Å². The van der Waals surface area contributed by atoms with Crippen LogP contribution in [0, 0.1) is 0 Å². The zero-order valence-corrected chi connectivity index (χ0v) is 14.1. The van der Waals surface area contributed by atoms with Gasteiger partial charge in [0.2, 0.25) is 0 Å². The maximum absolute atomic E-state index is 2.21. The van der Waals surface area contributed by atoms with Crippen LogP contribution in [-0.2, 0) is 10.9 Å². The number of halogens is 1. The minimum absolute atomic E-state index is 0. The number of hydrogen-bond acceptors (Lipinski definition) is 0. The van der Waals surface area contributed by atoms with Crippen LogP contribution in [0.25, 0.3) is 0 Å². The van der Waals surface area contributed by atoms with Gasteiger partial charge in [0.25, 0.3) is 0 Å². The zero-order valence-electron chi connectivity index (χ0n) is 11.0. The quantitative estimate of drug-likeness (QED) is 0.414. The highest BCUT2D eigenvalue weighted by atomic mass is 127. The van der Waals surface area contributed by atoms with Crippen molar-refractivity contribution in [2.24, 2.45) is 0 Å². The molecule has 0 spiro atoms. The maximum Gasteiger partial charge on any atom is 0.166 e. The van der Waals surface area contributed by atoms with Crippen molar-refractivity contribution in [1.29, 1.82) is 0 Å². The second-order valence-corrected chi connectivity index (χ2v) is 6.27. The smallest absolute Gasteiger partial charge is 0.107 e. The van der Waals surface area contributed by atoms with Gasteiger partial charge in [-0.25, -0.2) is 0 Å². The van der Waals surface area contributed by atoms with Gasteiger partial charge < -0.3 is 0 Å². The van der Waals surface area contributed by atoms with Gasteiger partial charge in [0, 0.05) is 0 Å². The molecule has 0 fully saturated rings. The summed E-state index contributed by atoms with van der Waals surface area (Å²) in [6.45, 7) is 0. The first kappa shape index (κ1) is 15.1. The molecule has 0 saturated carbocycles. The molecule has 0 aliphatic carbocycles. The normalized spacial score (nSPS) is 10.1. The van der Waals surface area contributed by atoms with Crippen molar-refractivity contribution >= 4 is 34.9 Å². The van der Waals surface area contributed by atoms with E-state index in [0.717, 1.165) is 0 Å². The van der Waals surface area contributed by atoms with Gasteiger partial charge >= 0.3 is 0 Å². The fourth-order valence-electron chi connectivity index (χ4n) is 2.08. The third-order valence-electron chi connectivity index (χ3n) is 2.94. The van der Waals surface area contributed by atoms with E-state index in [1.54, 1.807) is 0 Å². The summed E-state index contributed by atoms with van der Waals surface area (Å²) >= 11 is 0. The fraction of sp³-hybridized carbons (Fsp3) is 0. The van der Waals surface area contributed by atoms with E-state index in [0.29, 0.717) is 0 Å². The fourth-order valence-corrected chi connectivity index (χ4v) is 4.18. The summed E-state index contributed by atoms with van der Waals surface area (Å²) in [5.41, 5.74) is 0.